The number of nitrogens with one attached hydrogen (secondary N) is 1. The van der Waals surface area contributed by atoms with Crippen LogP contribution in [0.1, 0.15) is 12.8 Å². The number of methoxy groups -OCH3 is 1. The summed E-state index contributed by atoms with van der Waals surface area (Å²) >= 11 is 0. The summed E-state index contributed by atoms with van der Waals surface area (Å²) in [5.74, 6) is 0.479. The number of hydrogen-bond acceptors (Lipinski definition) is 5. The van der Waals surface area contributed by atoms with E-state index in [1.807, 2.05) is 6.07 Å². The maximum absolute atomic E-state index is 12.3. The third-order valence-corrected chi connectivity index (χ3v) is 4.57. The average molecular weight is 346 g/mol. The first-order chi connectivity index (χ1) is 12.1. The van der Waals surface area contributed by atoms with Gasteiger partial charge in [-0.3, -0.25) is 9.36 Å². The molecule has 8 heteroatoms. The van der Waals surface area contributed by atoms with Crippen LogP contribution in [0.15, 0.2) is 29.1 Å². The summed E-state index contributed by atoms with van der Waals surface area (Å²) in [4.78, 5) is 29.6. The van der Waals surface area contributed by atoms with Gasteiger partial charge in [-0.2, -0.15) is 4.98 Å². The number of rotatable bonds is 5. The molecule has 1 saturated heterocycles. The quantitative estimate of drug-likeness (QED) is 0.843. The van der Waals surface area contributed by atoms with E-state index in [0.29, 0.717) is 18.1 Å². The van der Waals surface area contributed by atoms with E-state index in [9.17, 15) is 9.59 Å². The highest BCUT2D eigenvalue weighted by atomic mass is 16.5. The van der Waals surface area contributed by atoms with Gasteiger partial charge in [-0.1, -0.05) is 0 Å². The van der Waals surface area contributed by atoms with Crippen LogP contribution in [0.2, 0.25) is 0 Å². The molecular weight excluding hydrogens is 324 g/mol. The van der Waals surface area contributed by atoms with Gasteiger partial charge < -0.3 is 20.1 Å². The lowest BCUT2D eigenvalue weighted by atomic mass is 10.1. The Balaban J connectivity index is 1.68. The second-order valence-electron chi connectivity index (χ2n) is 6.16. The third kappa shape index (κ3) is 4.08. The van der Waals surface area contributed by atoms with Crippen molar-refractivity contribution >= 4 is 17.1 Å². The lowest BCUT2D eigenvalue weighted by Crippen LogP contribution is -2.45. The van der Waals surface area contributed by atoms with Crippen molar-refractivity contribution in [3.05, 3.63) is 34.6 Å². The topological polar surface area (TPSA) is 96.7 Å². The number of likely N-dealkylation sites (tertiary alicyclic amines) is 1. The highest BCUT2D eigenvalue weighted by Gasteiger charge is 2.20. The zero-order chi connectivity index (χ0) is 17.8. The van der Waals surface area contributed by atoms with E-state index in [-0.39, 0.29) is 11.6 Å². The van der Waals surface area contributed by atoms with E-state index in [1.54, 1.807) is 29.9 Å². The SMILES string of the molecule is COc1ccc2ccc(=O)n(CCN3CCC(NC(=O)O)CC3)c2n1. The summed E-state index contributed by atoms with van der Waals surface area (Å²) in [5.41, 5.74) is 0.532. The zero-order valence-corrected chi connectivity index (χ0v) is 14.1. The standard InChI is InChI=1S/C17H22N4O4/c1-25-14-4-2-12-3-5-15(22)21(16(12)19-14)11-10-20-8-6-13(7-9-20)18-17(23)24/h2-5,13,18H,6-11H2,1H3,(H,23,24). The Bertz CT molecular complexity index is 812. The minimum Gasteiger partial charge on any atom is -0.481 e. The first-order valence-electron chi connectivity index (χ1n) is 8.33. The van der Waals surface area contributed by atoms with Crippen LogP contribution in [0.4, 0.5) is 4.79 Å². The van der Waals surface area contributed by atoms with Crippen molar-refractivity contribution < 1.29 is 14.6 Å². The molecule has 0 saturated carbocycles. The Morgan fingerprint density at radius 1 is 1.28 bits per heavy atom. The zero-order valence-electron chi connectivity index (χ0n) is 14.1. The Labute approximate surface area is 145 Å². The lowest BCUT2D eigenvalue weighted by Gasteiger charge is -2.31. The van der Waals surface area contributed by atoms with E-state index in [2.05, 4.69) is 15.2 Å². The van der Waals surface area contributed by atoms with Gasteiger partial charge in [0.15, 0.2) is 0 Å². The van der Waals surface area contributed by atoms with Crippen LogP contribution in [-0.2, 0) is 6.54 Å². The molecule has 0 aliphatic carbocycles. The smallest absolute Gasteiger partial charge is 0.404 e. The van der Waals surface area contributed by atoms with Gasteiger partial charge in [0.25, 0.3) is 5.56 Å². The molecule has 1 aliphatic heterocycles. The van der Waals surface area contributed by atoms with Gasteiger partial charge in [0.1, 0.15) is 5.65 Å². The first-order valence-corrected chi connectivity index (χ1v) is 8.33. The van der Waals surface area contributed by atoms with Crippen LogP contribution in [0.3, 0.4) is 0 Å². The number of carbonyl (C=O) groups is 1. The summed E-state index contributed by atoms with van der Waals surface area (Å²) in [6, 6.07) is 7.00. The Kier molecular flexibility index (Phi) is 5.18. The molecule has 2 aromatic rings. The van der Waals surface area contributed by atoms with Crippen molar-refractivity contribution in [3.8, 4) is 5.88 Å². The molecule has 0 atom stereocenters. The highest BCUT2D eigenvalue weighted by Crippen LogP contribution is 2.15. The Hall–Kier alpha value is -2.61. The van der Waals surface area contributed by atoms with Crippen LogP contribution in [-0.4, -0.2) is 58.4 Å². The maximum Gasteiger partial charge on any atom is 0.404 e. The van der Waals surface area contributed by atoms with Crippen LogP contribution >= 0.6 is 0 Å². The monoisotopic (exact) mass is 346 g/mol. The molecule has 25 heavy (non-hydrogen) atoms. The fraction of sp³-hybridized carbons (Fsp3) is 0.471. The third-order valence-electron chi connectivity index (χ3n) is 4.57. The minimum atomic E-state index is -0.972. The van der Waals surface area contributed by atoms with Crippen molar-refractivity contribution in [2.75, 3.05) is 26.7 Å². The van der Waals surface area contributed by atoms with Crippen molar-refractivity contribution in [2.24, 2.45) is 0 Å². The van der Waals surface area contributed by atoms with Gasteiger partial charge in [-0.25, -0.2) is 4.79 Å². The molecule has 1 amide bonds. The maximum atomic E-state index is 12.3. The summed E-state index contributed by atoms with van der Waals surface area (Å²) in [6.07, 6.45) is 0.590. The number of nitrogens with zero attached hydrogens (tertiary/aromatic N) is 3. The van der Waals surface area contributed by atoms with Crippen LogP contribution in [0.25, 0.3) is 11.0 Å². The number of hydrogen-bond donors (Lipinski definition) is 2. The highest BCUT2D eigenvalue weighted by molar-refractivity contribution is 5.75. The second kappa shape index (κ2) is 7.52. The molecule has 134 valence electrons. The van der Waals surface area contributed by atoms with E-state index in [0.717, 1.165) is 37.9 Å². The summed E-state index contributed by atoms with van der Waals surface area (Å²) in [7, 11) is 1.55. The molecule has 0 spiro atoms. The number of pyridine rings is 2. The summed E-state index contributed by atoms with van der Waals surface area (Å²) in [5, 5.41) is 12.2. The summed E-state index contributed by atoms with van der Waals surface area (Å²) < 4.78 is 6.83. The predicted molar refractivity (Wildman–Crippen MR) is 93.2 cm³/mol. The predicted octanol–water partition coefficient (Wildman–Crippen LogP) is 1.14. The largest absolute Gasteiger partial charge is 0.481 e. The molecule has 0 radical (unpaired) electrons. The number of fused-ring (bicyclic) bond motifs is 1. The van der Waals surface area contributed by atoms with Gasteiger partial charge in [0, 0.05) is 49.7 Å². The Morgan fingerprint density at radius 3 is 2.68 bits per heavy atom. The van der Waals surface area contributed by atoms with E-state index in [1.165, 1.54) is 0 Å². The van der Waals surface area contributed by atoms with Gasteiger partial charge in [0.2, 0.25) is 5.88 Å². The fourth-order valence-corrected chi connectivity index (χ4v) is 3.19. The van der Waals surface area contributed by atoms with E-state index in [4.69, 9.17) is 9.84 Å². The van der Waals surface area contributed by atoms with Crippen molar-refractivity contribution in [1.82, 2.24) is 19.8 Å². The average Bonchev–Trinajstić information content (AvgIpc) is 2.61. The normalized spacial score (nSPS) is 16.0. The lowest BCUT2D eigenvalue weighted by molar-refractivity contribution is 0.166. The Morgan fingerprint density at radius 2 is 2.00 bits per heavy atom. The van der Waals surface area contributed by atoms with Gasteiger partial charge in [-0.05, 0) is 25.0 Å². The number of ether oxygens (including phenoxy) is 1. The van der Waals surface area contributed by atoms with Crippen LogP contribution in [0, 0.1) is 0 Å². The molecule has 0 aromatic carbocycles. The molecule has 0 bridgehead atoms. The van der Waals surface area contributed by atoms with Crippen molar-refractivity contribution in [1.29, 1.82) is 0 Å². The molecular formula is C17H22N4O4. The molecule has 3 heterocycles. The van der Waals surface area contributed by atoms with Crippen molar-refractivity contribution in [3.63, 3.8) is 0 Å². The molecule has 0 unspecified atom stereocenters. The van der Waals surface area contributed by atoms with Gasteiger partial charge in [-0.15, -0.1) is 0 Å². The van der Waals surface area contributed by atoms with E-state index < -0.39 is 6.09 Å². The number of amides is 1. The first kappa shape index (κ1) is 17.2. The molecule has 2 aromatic heterocycles. The number of aromatic nitrogens is 2. The number of carboxylic acid groups (broad SMARTS) is 1. The molecule has 8 nitrogen and oxygen atoms in total. The molecule has 3 rings (SSSR count). The van der Waals surface area contributed by atoms with Crippen LogP contribution < -0.4 is 15.6 Å². The molecule has 1 aliphatic rings. The van der Waals surface area contributed by atoms with Gasteiger partial charge in [0.05, 0.1) is 7.11 Å². The minimum absolute atomic E-state index is 0.0138. The fourth-order valence-electron chi connectivity index (χ4n) is 3.19. The van der Waals surface area contributed by atoms with Gasteiger partial charge >= 0.3 is 6.09 Å². The number of piperidine rings is 1. The second-order valence-corrected chi connectivity index (χ2v) is 6.16. The molecule has 2 N–H and O–H groups in total. The van der Waals surface area contributed by atoms with Crippen molar-refractivity contribution in [2.45, 2.75) is 25.4 Å². The molecule has 1 fully saturated rings. The van der Waals surface area contributed by atoms with E-state index >= 15 is 0 Å². The van der Waals surface area contributed by atoms with Crippen LogP contribution in [0.5, 0.6) is 5.88 Å². The summed E-state index contributed by atoms with van der Waals surface area (Å²) in [6.45, 7) is 2.87.